The van der Waals surface area contributed by atoms with Crippen LogP contribution in [0.1, 0.15) is 32.8 Å². The van der Waals surface area contributed by atoms with E-state index in [1.54, 1.807) is 4.90 Å². The molecule has 0 aliphatic carbocycles. The van der Waals surface area contributed by atoms with Crippen LogP contribution in [0.25, 0.3) is 10.9 Å². The Morgan fingerprint density at radius 2 is 2.17 bits per heavy atom. The fourth-order valence-electron chi connectivity index (χ4n) is 2.97. The number of aromatic nitrogens is 1. The monoisotopic (exact) mass is 327 g/mol. The van der Waals surface area contributed by atoms with Crippen LogP contribution < -0.4 is 5.32 Å². The van der Waals surface area contributed by atoms with E-state index < -0.39 is 5.60 Å². The van der Waals surface area contributed by atoms with Crippen LogP contribution in [0.5, 0.6) is 0 Å². The molecule has 2 aromatic rings. The predicted octanol–water partition coefficient (Wildman–Crippen LogP) is 3.96. The van der Waals surface area contributed by atoms with Crippen LogP contribution >= 0.6 is 0 Å². The fraction of sp³-hybridized carbons (Fsp3) is 0.474. The normalized spacial score (nSPS) is 18.0. The third-order valence-corrected chi connectivity index (χ3v) is 4.06. The number of pyridine rings is 1. The van der Waals surface area contributed by atoms with Crippen LogP contribution in [-0.4, -0.2) is 40.7 Å². The molecule has 1 atom stereocenters. The number of carbonyl (C=O) groups excluding carboxylic acids is 1. The minimum atomic E-state index is -0.457. The quantitative estimate of drug-likeness (QED) is 0.907. The number of rotatable bonds is 2. The highest BCUT2D eigenvalue weighted by Crippen LogP contribution is 2.25. The van der Waals surface area contributed by atoms with E-state index in [-0.39, 0.29) is 12.1 Å². The van der Waals surface area contributed by atoms with Gasteiger partial charge < -0.3 is 15.0 Å². The molecular weight excluding hydrogens is 302 g/mol. The number of hydrogen-bond donors (Lipinski definition) is 1. The second-order valence-electron chi connectivity index (χ2n) is 7.44. The lowest BCUT2D eigenvalue weighted by Crippen LogP contribution is -2.36. The molecule has 0 radical (unpaired) electrons. The Balaban J connectivity index is 1.70. The molecule has 1 amide bonds. The minimum absolute atomic E-state index is 0.226. The molecule has 1 aliphatic heterocycles. The summed E-state index contributed by atoms with van der Waals surface area (Å²) in [5.41, 5.74) is 2.73. The molecule has 5 heteroatoms. The number of nitrogens with zero attached hydrogens (tertiary/aromatic N) is 2. The number of likely N-dealkylation sites (tertiary alicyclic amines) is 1. The summed E-state index contributed by atoms with van der Waals surface area (Å²) >= 11 is 0. The average molecular weight is 327 g/mol. The summed E-state index contributed by atoms with van der Waals surface area (Å²) < 4.78 is 5.46. The van der Waals surface area contributed by atoms with E-state index in [1.165, 1.54) is 0 Å². The maximum absolute atomic E-state index is 12.2. The van der Waals surface area contributed by atoms with Crippen molar-refractivity contribution in [1.29, 1.82) is 0 Å². The second-order valence-corrected chi connectivity index (χ2v) is 7.44. The number of fused-ring (bicyclic) bond motifs is 1. The van der Waals surface area contributed by atoms with Crippen molar-refractivity contribution < 1.29 is 9.53 Å². The van der Waals surface area contributed by atoms with Gasteiger partial charge in [0, 0.05) is 36.4 Å². The zero-order valence-corrected chi connectivity index (χ0v) is 14.8. The SMILES string of the molecule is Cc1cnc2cccc(N[C@@H]3CCN(C(=O)OC(C)(C)C)C3)c2c1. The van der Waals surface area contributed by atoms with E-state index in [2.05, 4.69) is 22.4 Å². The van der Waals surface area contributed by atoms with Crippen LogP contribution in [0.2, 0.25) is 0 Å². The number of hydrogen-bond acceptors (Lipinski definition) is 4. The van der Waals surface area contributed by atoms with Crippen LogP contribution in [0.4, 0.5) is 10.5 Å². The molecular formula is C19H25N3O2. The van der Waals surface area contributed by atoms with Gasteiger partial charge in [-0.15, -0.1) is 0 Å². The van der Waals surface area contributed by atoms with E-state index in [4.69, 9.17) is 4.74 Å². The highest BCUT2D eigenvalue weighted by Gasteiger charge is 2.29. The van der Waals surface area contributed by atoms with Gasteiger partial charge in [0.15, 0.2) is 0 Å². The van der Waals surface area contributed by atoms with Gasteiger partial charge >= 0.3 is 6.09 Å². The van der Waals surface area contributed by atoms with E-state index in [1.807, 2.05) is 46.0 Å². The number of anilines is 1. The minimum Gasteiger partial charge on any atom is -0.444 e. The Morgan fingerprint density at radius 3 is 2.92 bits per heavy atom. The number of amides is 1. The summed E-state index contributed by atoms with van der Waals surface area (Å²) in [6.07, 6.45) is 2.56. The Labute approximate surface area is 143 Å². The smallest absolute Gasteiger partial charge is 0.410 e. The van der Waals surface area contributed by atoms with Crippen LogP contribution in [0.15, 0.2) is 30.5 Å². The largest absolute Gasteiger partial charge is 0.444 e. The summed E-state index contributed by atoms with van der Waals surface area (Å²) in [5, 5.41) is 4.69. The predicted molar refractivity (Wildman–Crippen MR) is 96.3 cm³/mol. The number of benzene rings is 1. The standard InChI is InChI=1S/C19H25N3O2/c1-13-10-15-16(20-11-13)6-5-7-17(15)21-14-8-9-22(12-14)18(23)24-19(2,3)4/h5-7,10-11,14,21H,8-9,12H2,1-4H3/t14-/m1/s1. The molecule has 1 aliphatic rings. The summed E-state index contributed by atoms with van der Waals surface area (Å²) in [5.74, 6) is 0. The summed E-state index contributed by atoms with van der Waals surface area (Å²) in [7, 11) is 0. The topological polar surface area (TPSA) is 54.5 Å². The first-order valence-electron chi connectivity index (χ1n) is 8.42. The molecule has 128 valence electrons. The van der Waals surface area contributed by atoms with Crippen molar-refractivity contribution in [3.05, 3.63) is 36.0 Å². The number of nitrogens with one attached hydrogen (secondary N) is 1. The first-order chi connectivity index (χ1) is 11.3. The van der Waals surface area contributed by atoms with Crippen molar-refractivity contribution in [2.45, 2.75) is 45.8 Å². The molecule has 0 bridgehead atoms. The van der Waals surface area contributed by atoms with Gasteiger partial charge in [-0.1, -0.05) is 6.07 Å². The number of carbonyl (C=O) groups is 1. The van der Waals surface area contributed by atoms with Crippen LogP contribution in [0.3, 0.4) is 0 Å². The molecule has 2 heterocycles. The molecule has 0 unspecified atom stereocenters. The van der Waals surface area contributed by atoms with Crippen molar-refractivity contribution in [1.82, 2.24) is 9.88 Å². The van der Waals surface area contributed by atoms with E-state index in [9.17, 15) is 4.79 Å². The molecule has 1 N–H and O–H groups in total. The van der Waals surface area contributed by atoms with Gasteiger partial charge in [-0.05, 0) is 57.9 Å². The van der Waals surface area contributed by atoms with Crippen molar-refractivity contribution in [2.75, 3.05) is 18.4 Å². The molecule has 24 heavy (non-hydrogen) atoms. The maximum Gasteiger partial charge on any atom is 0.410 e. The summed E-state index contributed by atoms with van der Waals surface area (Å²) in [6, 6.07) is 8.46. The molecule has 1 aromatic heterocycles. The van der Waals surface area contributed by atoms with Crippen LogP contribution in [-0.2, 0) is 4.74 Å². The zero-order chi connectivity index (χ0) is 17.3. The van der Waals surface area contributed by atoms with E-state index in [0.29, 0.717) is 13.1 Å². The number of ether oxygens (including phenoxy) is 1. The maximum atomic E-state index is 12.2. The lowest BCUT2D eigenvalue weighted by atomic mass is 10.1. The van der Waals surface area contributed by atoms with Gasteiger partial charge in [-0.25, -0.2) is 4.79 Å². The highest BCUT2D eigenvalue weighted by atomic mass is 16.6. The van der Waals surface area contributed by atoms with Gasteiger partial charge in [0.2, 0.25) is 0 Å². The Hall–Kier alpha value is -2.30. The van der Waals surface area contributed by atoms with Crippen molar-refractivity contribution in [3.63, 3.8) is 0 Å². The number of aryl methyl sites for hydroxylation is 1. The van der Waals surface area contributed by atoms with Crippen molar-refractivity contribution in [3.8, 4) is 0 Å². The van der Waals surface area contributed by atoms with Gasteiger partial charge in [0.05, 0.1) is 5.52 Å². The van der Waals surface area contributed by atoms with E-state index in [0.717, 1.165) is 28.6 Å². The second kappa shape index (κ2) is 6.30. The Bertz CT molecular complexity index is 752. The van der Waals surface area contributed by atoms with Gasteiger partial charge in [0.1, 0.15) is 5.60 Å². The lowest BCUT2D eigenvalue weighted by molar-refractivity contribution is 0.0293. The molecule has 3 rings (SSSR count). The summed E-state index contributed by atoms with van der Waals surface area (Å²) in [4.78, 5) is 18.4. The van der Waals surface area contributed by atoms with E-state index >= 15 is 0 Å². The molecule has 0 saturated carbocycles. The third kappa shape index (κ3) is 3.78. The Kier molecular flexibility index (Phi) is 4.35. The molecule has 1 aromatic carbocycles. The summed E-state index contributed by atoms with van der Waals surface area (Å²) in [6.45, 7) is 9.09. The molecule has 5 nitrogen and oxygen atoms in total. The third-order valence-electron chi connectivity index (χ3n) is 4.06. The van der Waals surface area contributed by atoms with Gasteiger partial charge in [0.25, 0.3) is 0 Å². The van der Waals surface area contributed by atoms with Gasteiger partial charge in [-0.3, -0.25) is 4.98 Å². The van der Waals surface area contributed by atoms with Crippen molar-refractivity contribution in [2.24, 2.45) is 0 Å². The molecule has 0 spiro atoms. The highest BCUT2D eigenvalue weighted by molar-refractivity contribution is 5.91. The first-order valence-corrected chi connectivity index (χ1v) is 8.42. The lowest BCUT2D eigenvalue weighted by Gasteiger charge is -2.24. The molecule has 1 saturated heterocycles. The van der Waals surface area contributed by atoms with Gasteiger partial charge in [-0.2, -0.15) is 0 Å². The van der Waals surface area contributed by atoms with Crippen LogP contribution in [0, 0.1) is 6.92 Å². The van der Waals surface area contributed by atoms with Crippen molar-refractivity contribution >= 4 is 22.7 Å². The first kappa shape index (κ1) is 16.6. The zero-order valence-electron chi connectivity index (χ0n) is 14.8. The fourth-order valence-corrected chi connectivity index (χ4v) is 2.97. The average Bonchev–Trinajstić information content (AvgIpc) is 2.95. The molecule has 1 fully saturated rings. The Morgan fingerprint density at radius 1 is 1.38 bits per heavy atom.